The normalized spacial score (nSPS) is 7.16. The number of ether oxygens (including phenoxy) is 11. The van der Waals surface area contributed by atoms with E-state index >= 15 is 0 Å². The zero-order valence-electron chi connectivity index (χ0n) is 77.4. The molecule has 0 aliphatic carbocycles. The molecule has 0 fully saturated rings. The molecule has 0 N–H and O–H groups in total. The van der Waals surface area contributed by atoms with Crippen molar-refractivity contribution in [3.8, 4) is 0 Å². The lowest BCUT2D eigenvalue weighted by molar-refractivity contribution is -0.138. The van der Waals surface area contributed by atoms with Gasteiger partial charge in [0.05, 0.1) is 21.3 Å². The van der Waals surface area contributed by atoms with Crippen LogP contribution >= 0.6 is 0 Å². The van der Waals surface area contributed by atoms with Gasteiger partial charge in [0.2, 0.25) is 0 Å². The van der Waals surface area contributed by atoms with Crippen LogP contribution < -0.4 is 0 Å². The summed E-state index contributed by atoms with van der Waals surface area (Å²) in [7, 11) is 30.0. The Morgan fingerprint density at radius 2 is 0.149 bits per heavy atom. The molecule has 14 nitrogen and oxygen atoms in total. The van der Waals surface area contributed by atoms with E-state index in [2.05, 4.69) is 121 Å². The van der Waals surface area contributed by atoms with Crippen LogP contribution in [0.5, 0.6) is 0 Å². The standard InChI is InChI=1S/10C6H6.3C3H6O2.5C3H8.8C2H6O/c10*1-2-4-6-5-3-1;3*1-3(4)5-2;13*1-3-2/h10*1-6H;3*1-2H3;5*3H2,1-2H3;8*1-2H3. The number of hydrogen-bond acceptors (Lipinski definition) is 14. The summed E-state index contributed by atoms with van der Waals surface area (Å²) >= 11 is 0. The molecule has 0 aliphatic heterocycles. The van der Waals surface area contributed by atoms with Crippen LogP contribution in [-0.2, 0) is 66.5 Å². The number of carbonyl (C=O) groups excluding carboxylic acids is 3. The van der Waals surface area contributed by atoms with E-state index in [0.29, 0.717) is 0 Å². The third kappa shape index (κ3) is 331. The predicted octanol–water partition coefficient (Wildman–Crippen LogP) is 26.6. The molecule has 0 aliphatic rings. The smallest absolute Gasteiger partial charge is 0.302 e. The van der Waals surface area contributed by atoms with E-state index < -0.39 is 0 Å². The minimum atomic E-state index is -0.245. The number of esters is 3. The molecular weight excluding hydrogens is 1430 g/mol. The van der Waals surface area contributed by atoms with Gasteiger partial charge in [-0.05, 0) is 0 Å². The molecule has 0 atom stereocenters. The largest absolute Gasteiger partial charge is 0.469 e. The summed E-state index contributed by atoms with van der Waals surface area (Å²) in [5.41, 5.74) is 0. The highest BCUT2D eigenvalue weighted by Gasteiger charge is 1.77. The first kappa shape index (κ1) is 143. The van der Waals surface area contributed by atoms with Gasteiger partial charge < -0.3 is 52.1 Å². The first-order valence-corrected chi connectivity index (χ1v) is 37.6. The molecule has 650 valence electrons. The number of carbonyl (C=O) groups is 3. The minimum absolute atomic E-state index is 0.245. The van der Waals surface area contributed by atoms with E-state index in [0.717, 1.165) is 0 Å². The fourth-order valence-electron chi connectivity index (χ4n) is 3.85. The maximum Gasteiger partial charge on any atom is 0.302 e. The Bertz CT molecular complexity index is 1820. The monoisotopic (exact) mass is 1590 g/mol. The van der Waals surface area contributed by atoms with E-state index in [-0.39, 0.29) is 17.9 Å². The summed E-state index contributed by atoms with van der Waals surface area (Å²) in [6.45, 7) is 25.3. The lowest BCUT2D eigenvalue weighted by Crippen LogP contribution is -1.88. The summed E-state index contributed by atoms with van der Waals surface area (Å²) in [6.07, 6.45) is 6.25. The Morgan fingerprint density at radius 1 is 0.132 bits per heavy atom. The third-order valence-electron chi connectivity index (χ3n) is 7.53. The highest BCUT2D eigenvalue weighted by molar-refractivity contribution is 5.66. The first-order valence-electron chi connectivity index (χ1n) is 37.6. The van der Waals surface area contributed by atoms with Gasteiger partial charge in [0, 0.05) is 135 Å². The zero-order chi connectivity index (χ0) is 90.5. The molecular formula is C100H166O14. The molecule has 10 rings (SSSR count). The van der Waals surface area contributed by atoms with Crippen molar-refractivity contribution in [1.82, 2.24) is 0 Å². The van der Waals surface area contributed by atoms with Gasteiger partial charge in [-0.2, -0.15) is 0 Å². The summed E-state index contributed by atoms with van der Waals surface area (Å²) in [4.78, 5) is 28.8. The Labute approximate surface area is 701 Å². The van der Waals surface area contributed by atoms with Crippen molar-refractivity contribution in [2.75, 3.05) is 135 Å². The van der Waals surface area contributed by atoms with E-state index in [9.17, 15) is 14.4 Å². The molecule has 0 radical (unpaired) electrons. The highest BCUT2D eigenvalue weighted by atomic mass is 16.5. The number of methoxy groups -OCH3 is 11. The summed E-state index contributed by atoms with van der Waals surface area (Å²) < 4.78 is 46.3. The highest BCUT2D eigenvalue weighted by Crippen LogP contribution is 1.86. The molecule has 114 heavy (non-hydrogen) atoms. The Hall–Kier alpha value is -9.71. The molecule has 0 unspecified atom stereocenters. The summed E-state index contributed by atoms with van der Waals surface area (Å²) in [6, 6.07) is 120. The molecule has 14 heteroatoms. The van der Waals surface area contributed by atoms with Crippen LogP contribution in [0.4, 0.5) is 0 Å². The maximum absolute atomic E-state index is 9.59. The lowest BCUT2D eigenvalue weighted by atomic mass is 10.4. The van der Waals surface area contributed by atoms with Crippen molar-refractivity contribution in [2.45, 2.75) is 122 Å². The van der Waals surface area contributed by atoms with Crippen LogP contribution in [0, 0.1) is 0 Å². The average molecular weight is 1590 g/mol. The predicted molar refractivity (Wildman–Crippen MR) is 501 cm³/mol. The number of hydrogen-bond donors (Lipinski definition) is 0. The summed E-state index contributed by atoms with van der Waals surface area (Å²) in [5, 5.41) is 0. The van der Waals surface area contributed by atoms with Gasteiger partial charge in [-0.3, -0.25) is 14.4 Å². The van der Waals surface area contributed by atoms with Gasteiger partial charge >= 0.3 is 17.9 Å². The molecule has 0 amide bonds. The van der Waals surface area contributed by atoms with Crippen LogP contribution in [0.25, 0.3) is 0 Å². The van der Waals surface area contributed by atoms with Gasteiger partial charge in [-0.25, -0.2) is 0 Å². The second-order valence-corrected chi connectivity index (χ2v) is 20.4. The topological polar surface area (TPSA) is 153 Å². The van der Waals surface area contributed by atoms with Crippen LogP contribution in [0.1, 0.15) is 122 Å². The minimum Gasteiger partial charge on any atom is -0.469 e. The van der Waals surface area contributed by atoms with Gasteiger partial charge in [-0.1, -0.05) is 465 Å². The van der Waals surface area contributed by atoms with Gasteiger partial charge in [-0.15, -0.1) is 0 Å². The SMILES string of the molecule is CCC.CCC.CCC.CCC.CCC.COC.COC.COC.COC.COC.COC.COC.COC.COC(C)=O.COC(C)=O.COC(C)=O.c1ccccc1.c1ccccc1.c1ccccc1.c1ccccc1.c1ccccc1.c1ccccc1.c1ccccc1.c1ccccc1.c1ccccc1.c1ccccc1. The van der Waals surface area contributed by atoms with E-state index in [1.807, 2.05) is 364 Å². The Kier molecular flexibility index (Phi) is 239. The second-order valence-electron chi connectivity index (χ2n) is 20.4. The third-order valence-corrected chi connectivity index (χ3v) is 7.53. The van der Waals surface area contributed by atoms with Crippen LogP contribution in [0.3, 0.4) is 0 Å². The Morgan fingerprint density at radius 3 is 0.158 bits per heavy atom. The number of rotatable bonds is 0. The fourth-order valence-corrected chi connectivity index (χ4v) is 3.85. The summed E-state index contributed by atoms with van der Waals surface area (Å²) in [5.74, 6) is -0.736. The average Bonchev–Trinajstić information content (AvgIpc) is 1.93. The van der Waals surface area contributed by atoms with E-state index in [1.165, 1.54) is 74.2 Å². The molecule has 10 aromatic rings. The zero-order valence-corrected chi connectivity index (χ0v) is 77.4. The lowest BCUT2D eigenvalue weighted by Gasteiger charge is -1.80. The molecule has 0 heterocycles. The molecule has 10 aromatic carbocycles. The molecule has 0 saturated carbocycles. The van der Waals surface area contributed by atoms with Gasteiger partial charge in [0.1, 0.15) is 0 Å². The molecule has 0 spiro atoms. The molecule has 0 aromatic heterocycles. The second kappa shape index (κ2) is 191. The van der Waals surface area contributed by atoms with Crippen molar-refractivity contribution in [3.63, 3.8) is 0 Å². The first-order chi connectivity index (χ1) is 55.2. The van der Waals surface area contributed by atoms with Gasteiger partial charge in [0.25, 0.3) is 0 Å². The van der Waals surface area contributed by atoms with Crippen molar-refractivity contribution in [2.24, 2.45) is 0 Å². The van der Waals surface area contributed by atoms with E-state index in [4.69, 9.17) is 0 Å². The van der Waals surface area contributed by atoms with Gasteiger partial charge in [0.15, 0.2) is 0 Å². The quantitative estimate of drug-likeness (QED) is 0.105. The van der Waals surface area contributed by atoms with Crippen LogP contribution in [-0.4, -0.2) is 153 Å². The van der Waals surface area contributed by atoms with Crippen LogP contribution in [0.2, 0.25) is 0 Å². The number of benzene rings is 10. The maximum atomic E-state index is 9.59. The van der Waals surface area contributed by atoms with Crippen molar-refractivity contribution in [3.05, 3.63) is 364 Å². The van der Waals surface area contributed by atoms with Crippen LogP contribution in [0.15, 0.2) is 364 Å². The van der Waals surface area contributed by atoms with Crippen molar-refractivity contribution in [1.29, 1.82) is 0 Å². The fraction of sp³-hybridized carbons (Fsp3) is 0.370. The Balaban J connectivity index is -0.0000000630. The van der Waals surface area contributed by atoms with E-state index in [1.54, 1.807) is 114 Å². The molecule has 0 saturated heterocycles. The van der Waals surface area contributed by atoms with Crippen molar-refractivity contribution < 1.29 is 66.5 Å². The van der Waals surface area contributed by atoms with Crippen molar-refractivity contribution >= 4 is 17.9 Å². The molecule has 0 bridgehead atoms.